The molecule has 0 radical (unpaired) electrons. The van der Waals surface area contributed by atoms with Gasteiger partial charge >= 0.3 is 0 Å². The van der Waals surface area contributed by atoms with Gasteiger partial charge in [0.25, 0.3) is 5.91 Å². The third-order valence-electron chi connectivity index (χ3n) is 6.55. The average Bonchev–Trinajstić information content (AvgIpc) is 3.37. The van der Waals surface area contributed by atoms with E-state index in [9.17, 15) is 4.79 Å². The largest absolute Gasteiger partial charge is 0.338 e. The number of hydrogen-bond acceptors (Lipinski definition) is 5. The van der Waals surface area contributed by atoms with Crippen LogP contribution in [0.1, 0.15) is 29.0 Å². The van der Waals surface area contributed by atoms with E-state index in [-0.39, 0.29) is 11.4 Å². The molecular formula is C21H25N7O. The summed E-state index contributed by atoms with van der Waals surface area (Å²) < 4.78 is 4.24. The summed E-state index contributed by atoms with van der Waals surface area (Å²) in [4.78, 5) is 26.1. The van der Waals surface area contributed by atoms with Crippen molar-refractivity contribution < 1.29 is 4.79 Å². The normalized spacial score (nSPS) is 18.8. The van der Waals surface area contributed by atoms with Gasteiger partial charge in [0, 0.05) is 57.4 Å². The van der Waals surface area contributed by atoms with Crippen LogP contribution in [-0.2, 0) is 19.1 Å². The molecule has 150 valence electrons. The minimum atomic E-state index is -0.135. The summed E-state index contributed by atoms with van der Waals surface area (Å²) in [6.45, 7) is 3.32. The second kappa shape index (κ2) is 6.81. The lowest BCUT2D eigenvalue weighted by Crippen LogP contribution is -2.57. The Kier molecular flexibility index (Phi) is 4.24. The zero-order chi connectivity index (χ0) is 20.0. The van der Waals surface area contributed by atoms with E-state index in [0.717, 1.165) is 56.2 Å². The Morgan fingerprint density at radius 2 is 1.72 bits per heavy atom. The molecule has 0 N–H and O–H groups in total. The number of rotatable bonds is 2. The van der Waals surface area contributed by atoms with Gasteiger partial charge in [-0.1, -0.05) is 0 Å². The molecule has 8 heteroatoms. The fraction of sp³-hybridized carbons (Fsp3) is 0.429. The Bertz CT molecular complexity index is 1030. The summed E-state index contributed by atoms with van der Waals surface area (Å²) in [7, 11) is 4.14. The lowest BCUT2D eigenvalue weighted by atomic mass is 9.83. The van der Waals surface area contributed by atoms with Crippen molar-refractivity contribution in [2.45, 2.75) is 24.9 Å². The fourth-order valence-corrected chi connectivity index (χ4v) is 4.80. The van der Waals surface area contributed by atoms with Crippen LogP contribution in [0.25, 0.3) is 11.4 Å². The number of carbonyl (C=O) groups excluding carboxylic acids is 1. The highest BCUT2D eigenvalue weighted by atomic mass is 16.2. The van der Waals surface area contributed by atoms with E-state index in [1.807, 2.05) is 35.1 Å². The Morgan fingerprint density at radius 3 is 2.41 bits per heavy atom. The molecular weight excluding hydrogens is 366 g/mol. The molecule has 1 amide bonds. The zero-order valence-electron chi connectivity index (χ0n) is 16.8. The van der Waals surface area contributed by atoms with Crippen LogP contribution >= 0.6 is 0 Å². The maximum atomic E-state index is 12.8. The van der Waals surface area contributed by atoms with E-state index in [0.29, 0.717) is 5.56 Å². The first-order valence-corrected chi connectivity index (χ1v) is 10.0. The van der Waals surface area contributed by atoms with Gasteiger partial charge in [-0.25, -0.2) is 4.98 Å². The van der Waals surface area contributed by atoms with E-state index in [2.05, 4.69) is 26.6 Å². The van der Waals surface area contributed by atoms with Crippen LogP contribution in [0.4, 0.5) is 0 Å². The minimum Gasteiger partial charge on any atom is -0.338 e. The number of likely N-dealkylation sites (N-methyl/N-ethyl adjacent to an activating group) is 1. The molecule has 3 aromatic heterocycles. The molecule has 5 rings (SSSR count). The number of fused-ring (bicyclic) bond motifs is 2. The summed E-state index contributed by atoms with van der Waals surface area (Å²) in [6.07, 6.45) is 8.89. The van der Waals surface area contributed by atoms with Crippen LogP contribution in [-0.4, -0.2) is 66.7 Å². The van der Waals surface area contributed by atoms with Crippen LogP contribution < -0.4 is 0 Å². The number of imidazole rings is 1. The van der Waals surface area contributed by atoms with Crippen molar-refractivity contribution in [2.24, 2.45) is 7.05 Å². The maximum Gasteiger partial charge on any atom is 0.253 e. The maximum absolute atomic E-state index is 12.8. The van der Waals surface area contributed by atoms with Crippen molar-refractivity contribution in [1.82, 2.24) is 34.1 Å². The number of piperidine rings is 1. The number of carbonyl (C=O) groups is 1. The van der Waals surface area contributed by atoms with E-state index < -0.39 is 0 Å². The summed E-state index contributed by atoms with van der Waals surface area (Å²) in [5, 5.41) is 4.32. The Balaban J connectivity index is 1.43. The molecule has 1 spiro atoms. The Labute approximate surface area is 169 Å². The number of nitrogens with zero attached hydrogens (tertiary/aromatic N) is 7. The van der Waals surface area contributed by atoms with Gasteiger partial charge in [-0.3, -0.25) is 19.4 Å². The van der Waals surface area contributed by atoms with Crippen LogP contribution in [0.15, 0.2) is 43.0 Å². The molecule has 8 nitrogen and oxygen atoms in total. The van der Waals surface area contributed by atoms with Crippen LogP contribution in [0.3, 0.4) is 0 Å². The Morgan fingerprint density at radius 1 is 0.966 bits per heavy atom. The van der Waals surface area contributed by atoms with Crippen molar-refractivity contribution in [1.29, 1.82) is 0 Å². The smallest absolute Gasteiger partial charge is 0.253 e. The van der Waals surface area contributed by atoms with Gasteiger partial charge in [0.05, 0.1) is 23.1 Å². The van der Waals surface area contributed by atoms with E-state index in [4.69, 9.17) is 4.98 Å². The number of pyridine rings is 1. The molecule has 5 heterocycles. The quantitative estimate of drug-likeness (QED) is 0.666. The predicted octanol–water partition coefficient (Wildman–Crippen LogP) is 1.76. The van der Waals surface area contributed by atoms with Crippen molar-refractivity contribution in [3.63, 3.8) is 0 Å². The van der Waals surface area contributed by atoms with Crippen molar-refractivity contribution in [3.05, 3.63) is 54.4 Å². The molecule has 29 heavy (non-hydrogen) atoms. The summed E-state index contributed by atoms with van der Waals surface area (Å²) >= 11 is 0. The molecule has 2 aliphatic heterocycles. The topological polar surface area (TPSA) is 72.1 Å². The summed E-state index contributed by atoms with van der Waals surface area (Å²) in [5.74, 6) is 1.19. The molecule has 0 aromatic carbocycles. The molecule has 0 unspecified atom stereocenters. The number of amides is 1. The van der Waals surface area contributed by atoms with Gasteiger partial charge in [0.15, 0.2) is 0 Å². The molecule has 0 aliphatic carbocycles. The third-order valence-corrected chi connectivity index (χ3v) is 6.55. The van der Waals surface area contributed by atoms with Crippen molar-refractivity contribution in [3.8, 4) is 11.4 Å². The monoisotopic (exact) mass is 391 g/mol. The minimum absolute atomic E-state index is 0.0830. The molecule has 1 fully saturated rings. The zero-order valence-corrected chi connectivity index (χ0v) is 16.8. The van der Waals surface area contributed by atoms with Gasteiger partial charge in [-0.15, -0.1) is 0 Å². The standard InChI is InChI=1S/C21H25N7O/c1-25-13-14-28-18(17-5-10-24-26(17)2)15-23-20(28)21(25)6-11-27(12-7-21)19(29)16-3-8-22-9-4-16/h3-5,8-10,15H,6-7,11-14H2,1-2H3. The van der Waals surface area contributed by atoms with Gasteiger partial charge in [-0.05, 0) is 38.1 Å². The molecule has 0 atom stereocenters. The lowest BCUT2D eigenvalue weighted by molar-refractivity contribution is 0.0101. The first kappa shape index (κ1) is 18.1. The average molecular weight is 391 g/mol. The van der Waals surface area contributed by atoms with Gasteiger partial charge in [0.1, 0.15) is 5.82 Å². The molecule has 1 saturated heterocycles. The highest BCUT2D eigenvalue weighted by molar-refractivity contribution is 5.94. The van der Waals surface area contributed by atoms with Crippen LogP contribution in [0.5, 0.6) is 0 Å². The van der Waals surface area contributed by atoms with Crippen molar-refractivity contribution in [2.75, 3.05) is 26.7 Å². The second-order valence-corrected chi connectivity index (χ2v) is 7.94. The number of hydrogen-bond donors (Lipinski definition) is 0. The lowest BCUT2D eigenvalue weighted by Gasteiger charge is -2.49. The predicted molar refractivity (Wildman–Crippen MR) is 108 cm³/mol. The number of aromatic nitrogens is 5. The first-order valence-electron chi connectivity index (χ1n) is 10.0. The van der Waals surface area contributed by atoms with E-state index in [1.54, 1.807) is 24.5 Å². The van der Waals surface area contributed by atoms with E-state index in [1.165, 1.54) is 0 Å². The van der Waals surface area contributed by atoms with E-state index >= 15 is 0 Å². The van der Waals surface area contributed by atoms with Crippen LogP contribution in [0, 0.1) is 0 Å². The third kappa shape index (κ3) is 2.78. The highest BCUT2D eigenvalue weighted by Gasteiger charge is 2.46. The first-order chi connectivity index (χ1) is 14.1. The number of likely N-dealkylation sites (tertiary alicyclic amines) is 1. The Hall–Kier alpha value is -3.00. The van der Waals surface area contributed by atoms with Crippen molar-refractivity contribution >= 4 is 5.91 Å². The molecule has 0 bridgehead atoms. The molecule has 0 saturated carbocycles. The SMILES string of the molecule is CN1CCn2c(-c3ccnn3C)cnc2C12CCN(C(=O)c1ccncc1)CC2. The van der Waals surface area contributed by atoms with Gasteiger partial charge in [0.2, 0.25) is 0 Å². The molecule has 3 aromatic rings. The summed E-state index contributed by atoms with van der Waals surface area (Å²) in [5.41, 5.74) is 2.76. The highest BCUT2D eigenvalue weighted by Crippen LogP contribution is 2.41. The second-order valence-electron chi connectivity index (χ2n) is 7.94. The fourth-order valence-electron chi connectivity index (χ4n) is 4.80. The van der Waals surface area contributed by atoms with Gasteiger partial charge < -0.3 is 9.47 Å². The summed E-state index contributed by atoms with van der Waals surface area (Å²) in [6, 6.07) is 5.60. The van der Waals surface area contributed by atoms with Crippen LogP contribution in [0.2, 0.25) is 0 Å². The number of aryl methyl sites for hydroxylation is 1. The van der Waals surface area contributed by atoms with Gasteiger partial charge in [-0.2, -0.15) is 5.10 Å². The molecule has 2 aliphatic rings.